The van der Waals surface area contributed by atoms with Crippen LogP contribution >= 0.6 is 0 Å². The first-order valence-corrected chi connectivity index (χ1v) is 8.25. The summed E-state index contributed by atoms with van der Waals surface area (Å²) in [7, 11) is 3.69. The van der Waals surface area contributed by atoms with Crippen LogP contribution in [-0.2, 0) is 11.3 Å². The SMILES string of the molecule is COCCOc1ccc(CN(C)C(C)C(O)c2ccccc2)cc1. The van der Waals surface area contributed by atoms with E-state index in [2.05, 4.69) is 17.0 Å². The van der Waals surface area contributed by atoms with E-state index < -0.39 is 6.10 Å². The van der Waals surface area contributed by atoms with Gasteiger partial charge in [0.2, 0.25) is 0 Å². The van der Waals surface area contributed by atoms with Crippen molar-refractivity contribution in [2.24, 2.45) is 0 Å². The Hall–Kier alpha value is -1.88. The first kappa shape index (κ1) is 18.5. The monoisotopic (exact) mass is 329 g/mol. The average Bonchev–Trinajstić information content (AvgIpc) is 2.63. The van der Waals surface area contributed by atoms with Crippen LogP contribution in [0.4, 0.5) is 0 Å². The molecule has 0 aliphatic heterocycles. The maximum absolute atomic E-state index is 10.5. The van der Waals surface area contributed by atoms with Crippen LogP contribution in [0, 0.1) is 0 Å². The predicted octanol–water partition coefficient (Wildman–Crippen LogP) is 3.27. The summed E-state index contributed by atoms with van der Waals surface area (Å²) < 4.78 is 10.5. The van der Waals surface area contributed by atoms with E-state index >= 15 is 0 Å². The molecule has 0 amide bonds. The lowest BCUT2D eigenvalue weighted by Crippen LogP contribution is -2.33. The largest absolute Gasteiger partial charge is 0.491 e. The maximum Gasteiger partial charge on any atom is 0.119 e. The number of ether oxygens (including phenoxy) is 2. The molecular formula is C20H27NO3. The fraction of sp³-hybridized carbons (Fsp3) is 0.400. The molecule has 1 N–H and O–H groups in total. The summed E-state index contributed by atoms with van der Waals surface area (Å²) in [6.45, 7) is 3.94. The standard InChI is InChI=1S/C20H27NO3/c1-16(20(22)18-7-5-4-6-8-18)21(2)15-17-9-11-19(12-10-17)24-14-13-23-3/h4-12,16,20,22H,13-15H2,1-3H3. The summed E-state index contributed by atoms with van der Waals surface area (Å²) >= 11 is 0. The molecule has 2 rings (SSSR count). The van der Waals surface area contributed by atoms with Gasteiger partial charge in [-0.3, -0.25) is 4.90 Å². The summed E-state index contributed by atoms with van der Waals surface area (Å²) in [6, 6.07) is 17.9. The van der Waals surface area contributed by atoms with Crippen LogP contribution < -0.4 is 4.74 Å². The molecule has 0 fully saturated rings. The molecule has 130 valence electrons. The fourth-order valence-electron chi connectivity index (χ4n) is 2.54. The minimum atomic E-state index is -0.507. The molecule has 0 bridgehead atoms. The molecule has 0 spiro atoms. The molecule has 4 nitrogen and oxygen atoms in total. The molecule has 2 aromatic carbocycles. The highest BCUT2D eigenvalue weighted by Gasteiger charge is 2.20. The second-order valence-electron chi connectivity index (χ2n) is 6.00. The Balaban J connectivity index is 1.90. The van der Waals surface area contributed by atoms with Gasteiger partial charge >= 0.3 is 0 Å². The highest BCUT2D eigenvalue weighted by molar-refractivity contribution is 5.27. The van der Waals surface area contributed by atoms with Crippen molar-refractivity contribution in [3.8, 4) is 5.75 Å². The van der Waals surface area contributed by atoms with Gasteiger partial charge in [-0.25, -0.2) is 0 Å². The molecule has 0 aliphatic carbocycles. The van der Waals surface area contributed by atoms with Crippen molar-refractivity contribution in [2.45, 2.75) is 25.6 Å². The molecule has 2 atom stereocenters. The molecule has 2 unspecified atom stereocenters. The van der Waals surface area contributed by atoms with Crippen molar-refractivity contribution in [1.29, 1.82) is 0 Å². The number of methoxy groups -OCH3 is 1. The third-order valence-electron chi connectivity index (χ3n) is 4.20. The molecule has 0 heterocycles. The van der Waals surface area contributed by atoms with Gasteiger partial charge in [0.05, 0.1) is 12.7 Å². The lowest BCUT2D eigenvalue weighted by Gasteiger charge is -2.29. The second kappa shape index (κ2) is 9.42. The molecule has 0 saturated carbocycles. The number of aliphatic hydroxyl groups excluding tert-OH is 1. The number of rotatable bonds is 9. The number of nitrogens with zero attached hydrogens (tertiary/aromatic N) is 1. The second-order valence-corrected chi connectivity index (χ2v) is 6.00. The molecule has 24 heavy (non-hydrogen) atoms. The van der Waals surface area contributed by atoms with E-state index in [0.717, 1.165) is 17.9 Å². The number of benzene rings is 2. The van der Waals surface area contributed by atoms with Gasteiger partial charge in [-0.1, -0.05) is 42.5 Å². The number of hydrogen-bond acceptors (Lipinski definition) is 4. The zero-order valence-corrected chi connectivity index (χ0v) is 14.7. The first-order valence-electron chi connectivity index (χ1n) is 8.25. The summed E-state index contributed by atoms with van der Waals surface area (Å²) in [6.07, 6.45) is -0.507. The molecule has 0 radical (unpaired) electrons. The smallest absolute Gasteiger partial charge is 0.119 e. The third-order valence-corrected chi connectivity index (χ3v) is 4.20. The minimum Gasteiger partial charge on any atom is -0.491 e. The zero-order chi connectivity index (χ0) is 17.4. The van der Waals surface area contributed by atoms with E-state index in [4.69, 9.17) is 9.47 Å². The number of hydrogen-bond donors (Lipinski definition) is 1. The van der Waals surface area contributed by atoms with Crippen molar-refractivity contribution in [3.63, 3.8) is 0 Å². The maximum atomic E-state index is 10.5. The fourth-order valence-corrected chi connectivity index (χ4v) is 2.54. The molecule has 0 aromatic heterocycles. The molecule has 4 heteroatoms. The van der Waals surface area contributed by atoms with Crippen molar-refractivity contribution < 1.29 is 14.6 Å². The van der Waals surface area contributed by atoms with Gasteiger partial charge in [0, 0.05) is 19.7 Å². The van der Waals surface area contributed by atoms with Gasteiger partial charge < -0.3 is 14.6 Å². The molecule has 2 aromatic rings. The Labute approximate surface area is 144 Å². The number of aliphatic hydroxyl groups is 1. The van der Waals surface area contributed by atoms with Gasteiger partial charge in [-0.15, -0.1) is 0 Å². The molecule has 0 saturated heterocycles. The highest BCUT2D eigenvalue weighted by atomic mass is 16.5. The van der Waals surface area contributed by atoms with Crippen LogP contribution in [0.3, 0.4) is 0 Å². The van der Waals surface area contributed by atoms with Crippen LogP contribution in [0.5, 0.6) is 5.75 Å². The normalized spacial score (nSPS) is 13.7. The molecule has 0 aliphatic rings. The Morgan fingerprint density at radius 1 is 1.00 bits per heavy atom. The van der Waals surface area contributed by atoms with Crippen LogP contribution in [0.25, 0.3) is 0 Å². The molecular weight excluding hydrogens is 302 g/mol. The van der Waals surface area contributed by atoms with E-state index in [1.54, 1.807) is 7.11 Å². The van der Waals surface area contributed by atoms with Crippen LogP contribution in [-0.4, -0.2) is 43.4 Å². The van der Waals surface area contributed by atoms with Crippen molar-refractivity contribution in [1.82, 2.24) is 4.90 Å². The van der Waals surface area contributed by atoms with Crippen LogP contribution in [0.1, 0.15) is 24.2 Å². The predicted molar refractivity (Wildman–Crippen MR) is 96.1 cm³/mol. The van der Waals surface area contributed by atoms with Gasteiger partial charge in [-0.05, 0) is 37.2 Å². The summed E-state index contributed by atoms with van der Waals surface area (Å²) in [5, 5.41) is 10.5. The van der Waals surface area contributed by atoms with Gasteiger partial charge in [-0.2, -0.15) is 0 Å². The van der Waals surface area contributed by atoms with Crippen molar-refractivity contribution in [3.05, 3.63) is 65.7 Å². The van der Waals surface area contributed by atoms with Crippen LogP contribution in [0.2, 0.25) is 0 Å². The van der Waals surface area contributed by atoms with E-state index in [9.17, 15) is 5.11 Å². The Morgan fingerprint density at radius 2 is 1.67 bits per heavy atom. The Morgan fingerprint density at radius 3 is 2.29 bits per heavy atom. The van der Waals surface area contributed by atoms with Gasteiger partial charge in [0.15, 0.2) is 0 Å². The lowest BCUT2D eigenvalue weighted by molar-refractivity contribution is 0.0688. The van der Waals surface area contributed by atoms with E-state index in [1.165, 1.54) is 5.56 Å². The van der Waals surface area contributed by atoms with Crippen molar-refractivity contribution in [2.75, 3.05) is 27.4 Å². The van der Waals surface area contributed by atoms with E-state index in [-0.39, 0.29) is 6.04 Å². The minimum absolute atomic E-state index is 0.0185. The third kappa shape index (κ3) is 5.34. The first-order chi connectivity index (χ1) is 11.6. The summed E-state index contributed by atoms with van der Waals surface area (Å²) in [4.78, 5) is 2.15. The quantitative estimate of drug-likeness (QED) is 0.717. The Bertz CT molecular complexity index is 586. The van der Waals surface area contributed by atoms with E-state index in [0.29, 0.717) is 13.2 Å². The van der Waals surface area contributed by atoms with Gasteiger partial charge in [0.25, 0.3) is 0 Å². The zero-order valence-electron chi connectivity index (χ0n) is 14.7. The van der Waals surface area contributed by atoms with Gasteiger partial charge in [0.1, 0.15) is 12.4 Å². The summed E-state index contributed by atoms with van der Waals surface area (Å²) in [5.74, 6) is 0.843. The number of likely N-dealkylation sites (N-methyl/N-ethyl adjacent to an activating group) is 1. The Kier molecular flexibility index (Phi) is 7.25. The lowest BCUT2D eigenvalue weighted by atomic mass is 10.0. The van der Waals surface area contributed by atoms with Crippen molar-refractivity contribution >= 4 is 0 Å². The average molecular weight is 329 g/mol. The highest BCUT2D eigenvalue weighted by Crippen LogP contribution is 2.21. The van der Waals surface area contributed by atoms with Crippen LogP contribution in [0.15, 0.2) is 54.6 Å². The van der Waals surface area contributed by atoms with E-state index in [1.807, 2.05) is 56.4 Å². The topological polar surface area (TPSA) is 41.9 Å². The summed E-state index contributed by atoms with van der Waals surface area (Å²) in [5.41, 5.74) is 2.13.